The number of hydrogen-bond acceptors (Lipinski definition) is 3. The van der Waals surface area contributed by atoms with Crippen LogP contribution in [0, 0.1) is 0 Å². The van der Waals surface area contributed by atoms with Crippen molar-refractivity contribution in [1.29, 1.82) is 0 Å². The second kappa shape index (κ2) is 12.3. The average Bonchev–Trinajstić information content (AvgIpc) is 2.80. The summed E-state index contributed by atoms with van der Waals surface area (Å²) < 4.78 is 0. The van der Waals surface area contributed by atoms with Gasteiger partial charge < -0.3 is 25.8 Å². The van der Waals surface area contributed by atoms with Crippen LogP contribution in [-0.4, -0.2) is 66.5 Å². The van der Waals surface area contributed by atoms with Crippen molar-refractivity contribution in [1.82, 2.24) is 25.8 Å². The van der Waals surface area contributed by atoms with E-state index in [1.165, 1.54) is 19.3 Å². The molecule has 0 bridgehead atoms. The highest BCUT2D eigenvalue weighted by Crippen LogP contribution is 2.18. The number of urea groups is 2. The number of nitrogens with zero attached hydrogens (tertiary/aromatic N) is 2. The van der Waals surface area contributed by atoms with Crippen LogP contribution in [0.5, 0.6) is 0 Å². The lowest BCUT2D eigenvalue weighted by Gasteiger charge is -2.34. The van der Waals surface area contributed by atoms with Crippen molar-refractivity contribution in [2.24, 2.45) is 0 Å². The van der Waals surface area contributed by atoms with E-state index in [-0.39, 0.29) is 30.4 Å². The highest BCUT2D eigenvalue weighted by atomic mass is 16.2. The molecule has 1 aromatic carbocycles. The molecule has 32 heavy (non-hydrogen) atoms. The fourth-order valence-electron chi connectivity index (χ4n) is 4.39. The number of benzene rings is 1. The minimum atomic E-state index is -0.195. The van der Waals surface area contributed by atoms with Gasteiger partial charge in [-0.3, -0.25) is 4.79 Å². The number of hydrogen-bond donors (Lipinski definition) is 3. The molecule has 0 atom stereocenters. The predicted molar refractivity (Wildman–Crippen MR) is 124 cm³/mol. The van der Waals surface area contributed by atoms with Gasteiger partial charge in [0, 0.05) is 51.7 Å². The van der Waals surface area contributed by atoms with Gasteiger partial charge in [-0.2, -0.15) is 0 Å². The molecule has 1 heterocycles. The maximum Gasteiger partial charge on any atom is 0.317 e. The molecule has 8 nitrogen and oxygen atoms in total. The molecule has 1 saturated heterocycles. The average molecular weight is 444 g/mol. The molecule has 2 aliphatic rings. The van der Waals surface area contributed by atoms with E-state index in [1.807, 2.05) is 35.2 Å². The first-order valence-electron chi connectivity index (χ1n) is 11.9. The molecule has 0 aromatic heterocycles. The van der Waals surface area contributed by atoms with Gasteiger partial charge in [-0.1, -0.05) is 49.6 Å². The Balaban J connectivity index is 1.28. The van der Waals surface area contributed by atoms with Crippen LogP contribution in [0.1, 0.15) is 56.9 Å². The first-order valence-corrected chi connectivity index (χ1v) is 11.9. The Kier molecular flexibility index (Phi) is 9.19. The summed E-state index contributed by atoms with van der Waals surface area (Å²) in [7, 11) is 1.74. The van der Waals surface area contributed by atoms with Gasteiger partial charge in [0.25, 0.3) is 0 Å². The molecular formula is C24H37N5O3. The number of rotatable bonds is 7. The van der Waals surface area contributed by atoms with Crippen LogP contribution >= 0.6 is 0 Å². The van der Waals surface area contributed by atoms with Crippen molar-refractivity contribution in [3.8, 4) is 0 Å². The molecule has 0 spiro atoms. The van der Waals surface area contributed by atoms with Gasteiger partial charge in [0.05, 0.1) is 0 Å². The lowest BCUT2D eigenvalue weighted by atomic mass is 9.95. The fourth-order valence-corrected chi connectivity index (χ4v) is 4.39. The lowest BCUT2D eigenvalue weighted by Crippen LogP contribution is -2.51. The van der Waals surface area contributed by atoms with Crippen LogP contribution in [0.25, 0.3) is 0 Å². The molecule has 0 radical (unpaired) electrons. The fraction of sp³-hybridized carbons (Fsp3) is 0.625. The van der Waals surface area contributed by atoms with Crippen LogP contribution in [0.15, 0.2) is 30.3 Å². The van der Waals surface area contributed by atoms with Crippen molar-refractivity contribution in [2.45, 2.75) is 70.0 Å². The molecule has 1 aliphatic heterocycles. The molecule has 176 valence electrons. The van der Waals surface area contributed by atoms with Crippen LogP contribution in [0.3, 0.4) is 0 Å². The van der Waals surface area contributed by atoms with E-state index in [0.29, 0.717) is 32.2 Å². The summed E-state index contributed by atoms with van der Waals surface area (Å²) in [5.41, 5.74) is 1.06. The van der Waals surface area contributed by atoms with Crippen LogP contribution < -0.4 is 16.0 Å². The van der Waals surface area contributed by atoms with Crippen molar-refractivity contribution in [2.75, 3.05) is 26.7 Å². The zero-order chi connectivity index (χ0) is 22.8. The second-order valence-corrected chi connectivity index (χ2v) is 8.94. The van der Waals surface area contributed by atoms with Crippen LogP contribution in [0.2, 0.25) is 0 Å². The summed E-state index contributed by atoms with van der Waals surface area (Å²) in [6.45, 7) is 2.13. The van der Waals surface area contributed by atoms with Gasteiger partial charge >= 0.3 is 12.1 Å². The van der Waals surface area contributed by atoms with Crippen molar-refractivity contribution in [3.05, 3.63) is 35.9 Å². The van der Waals surface area contributed by atoms with Crippen molar-refractivity contribution in [3.63, 3.8) is 0 Å². The summed E-state index contributed by atoms with van der Waals surface area (Å²) in [5, 5.41) is 9.00. The van der Waals surface area contributed by atoms with E-state index < -0.39 is 0 Å². The molecule has 3 rings (SSSR count). The second-order valence-electron chi connectivity index (χ2n) is 8.94. The molecule has 8 heteroatoms. The summed E-state index contributed by atoms with van der Waals surface area (Å²) in [5.74, 6) is -0.0684. The Morgan fingerprint density at radius 2 is 1.59 bits per heavy atom. The Hall–Kier alpha value is -2.77. The SMILES string of the molecule is CN(Cc1ccccc1)C(=O)NCCC(=O)NC1CCN(C(=O)NC2CCCCC2)CC1. The van der Waals surface area contributed by atoms with Gasteiger partial charge in [-0.05, 0) is 31.2 Å². The number of carbonyl (C=O) groups excluding carboxylic acids is 3. The molecule has 1 saturated carbocycles. The monoisotopic (exact) mass is 443 g/mol. The Morgan fingerprint density at radius 3 is 2.28 bits per heavy atom. The van der Waals surface area contributed by atoms with Gasteiger partial charge in [-0.25, -0.2) is 9.59 Å². The number of piperidine rings is 1. The molecule has 1 aromatic rings. The van der Waals surface area contributed by atoms with Gasteiger partial charge in [0.15, 0.2) is 0 Å². The van der Waals surface area contributed by atoms with E-state index in [4.69, 9.17) is 0 Å². The molecular weight excluding hydrogens is 406 g/mol. The third-order valence-electron chi connectivity index (χ3n) is 6.32. The van der Waals surface area contributed by atoms with E-state index in [0.717, 1.165) is 31.2 Å². The largest absolute Gasteiger partial charge is 0.353 e. The van der Waals surface area contributed by atoms with Crippen LogP contribution in [0.4, 0.5) is 9.59 Å². The zero-order valence-electron chi connectivity index (χ0n) is 19.1. The van der Waals surface area contributed by atoms with E-state index >= 15 is 0 Å². The van der Waals surface area contributed by atoms with Gasteiger partial charge in [0.2, 0.25) is 5.91 Å². The minimum absolute atomic E-state index is 0.0315. The predicted octanol–water partition coefficient (Wildman–Crippen LogP) is 2.84. The zero-order valence-corrected chi connectivity index (χ0v) is 19.1. The standard InChI is InChI=1S/C24H37N5O3/c1-28(18-19-8-4-2-5-9-19)23(31)25-15-12-22(30)26-21-13-16-29(17-14-21)24(32)27-20-10-6-3-7-11-20/h2,4-5,8-9,20-21H,3,6-7,10-18H2,1H3,(H,25,31)(H,26,30)(H,27,32). The maximum absolute atomic E-state index is 12.5. The Morgan fingerprint density at radius 1 is 0.938 bits per heavy atom. The minimum Gasteiger partial charge on any atom is -0.353 e. The molecule has 0 unspecified atom stereocenters. The quantitative estimate of drug-likeness (QED) is 0.605. The maximum atomic E-state index is 12.5. The number of carbonyl (C=O) groups is 3. The van der Waals surface area contributed by atoms with E-state index in [1.54, 1.807) is 11.9 Å². The van der Waals surface area contributed by atoms with Gasteiger partial charge in [0.1, 0.15) is 0 Å². The van der Waals surface area contributed by atoms with Crippen LogP contribution in [-0.2, 0) is 11.3 Å². The number of likely N-dealkylation sites (tertiary alicyclic amines) is 1. The van der Waals surface area contributed by atoms with Gasteiger partial charge in [-0.15, -0.1) is 0 Å². The van der Waals surface area contributed by atoms with Crippen molar-refractivity contribution < 1.29 is 14.4 Å². The van der Waals surface area contributed by atoms with E-state index in [2.05, 4.69) is 16.0 Å². The summed E-state index contributed by atoms with van der Waals surface area (Å²) in [6, 6.07) is 10.0. The third-order valence-corrected chi connectivity index (χ3v) is 6.32. The molecule has 3 N–H and O–H groups in total. The third kappa shape index (κ3) is 7.73. The molecule has 2 fully saturated rings. The highest BCUT2D eigenvalue weighted by Gasteiger charge is 2.25. The first-order chi connectivity index (χ1) is 15.5. The summed E-state index contributed by atoms with van der Waals surface area (Å²) in [6.07, 6.45) is 7.59. The molecule has 5 amide bonds. The highest BCUT2D eigenvalue weighted by molar-refractivity contribution is 5.78. The number of nitrogens with one attached hydrogen (secondary N) is 3. The lowest BCUT2D eigenvalue weighted by molar-refractivity contribution is -0.121. The summed E-state index contributed by atoms with van der Waals surface area (Å²) in [4.78, 5) is 40.4. The number of amides is 5. The normalized spacial score (nSPS) is 17.5. The first kappa shape index (κ1) is 23.9. The Labute approximate surface area is 191 Å². The molecule has 1 aliphatic carbocycles. The Bertz CT molecular complexity index is 743. The summed E-state index contributed by atoms with van der Waals surface area (Å²) >= 11 is 0. The van der Waals surface area contributed by atoms with E-state index in [9.17, 15) is 14.4 Å². The smallest absolute Gasteiger partial charge is 0.317 e. The topological polar surface area (TPSA) is 93.8 Å². The van der Waals surface area contributed by atoms with Crippen molar-refractivity contribution >= 4 is 18.0 Å².